The lowest BCUT2D eigenvalue weighted by Gasteiger charge is -2.41. The van der Waals surface area contributed by atoms with Crippen LogP contribution in [-0.2, 0) is 4.57 Å². The summed E-state index contributed by atoms with van der Waals surface area (Å²) in [5.41, 5.74) is 1.19. The summed E-state index contributed by atoms with van der Waals surface area (Å²) in [6.45, 7) is 9.88. The molecule has 2 aromatic rings. The van der Waals surface area contributed by atoms with Crippen molar-refractivity contribution < 1.29 is 4.57 Å². The number of hydrogen-bond donors (Lipinski definition) is 0. The Hall–Kier alpha value is -1.12. The second-order valence-corrected chi connectivity index (χ2v) is 11.2. The molecule has 0 radical (unpaired) electrons. The van der Waals surface area contributed by atoms with Crippen molar-refractivity contribution in [1.82, 2.24) is 9.97 Å². The molecule has 0 bridgehead atoms. The van der Waals surface area contributed by atoms with Crippen LogP contribution in [0.4, 0.5) is 5.82 Å². The molecule has 0 unspecified atom stereocenters. The summed E-state index contributed by atoms with van der Waals surface area (Å²) in [5, 5.41) is 2.69. The summed E-state index contributed by atoms with van der Waals surface area (Å²) in [4.78, 5) is 11.2. The first-order valence-electron chi connectivity index (χ1n) is 7.97. The van der Waals surface area contributed by atoms with Crippen LogP contribution in [0.25, 0.3) is 10.8 Å². The SMILES string of the molecule is CC(C)c1cnc(N2CC(CP(C)(C)=O)C2)c2cnc(Cl)cc12. The van der Waals surface area contributed by atoms with Gasteiger partial charge in [0.25, 0.3) is 0 Å². The number of hydrogen-bond acceptors (Lipinski definition) is 4. The van der Waals surface area contributed by atoms with Crippen LogP contribution in [0.15, 0.2) is 18.5 Å². The minimum absolute atomic E-state index is 0.382. The largest absolute Gasteiger partial charge is 0.355 e. The normalized spacial score (nSPS) is 16.2. The zero-order chi connectivity index (χ0) is 16.8. The van der Waals surface area contributed by atoms with Gasteiger partial charge in [0.2, 0.25) is 0 Å². The van der Waals surface area contributed by atoms with Crippen molar-refractivity contribution in [2.45, 2.75) is 19.8 Å². The predicted octanol–water partition coefficient (Wildman–Crippen LogP) is 4.47. The Bertz CT molecular complexity index is 781. The van der Waals surface area contributed by atoms with Crippen molar-refractivity contribution in [3.05, 3.63) is 29.2 Å². The second kappa shape index (κ2) is 6.07. The number of aromatic nitrogens is 2. The average Bonchev–Trinajstić information content (AvgIpc) is 2.40. The third kappa shape index (κ3) is 3.54. The molecule has 1 aliphatic heterocycles. The number of fused-ring (bicyclic) bond motifs is 1. The quantitative estimate of drug-likeness (QED) is 0.602. The van der Waals surface area contributed by atoms with E-state index in [1.165, 1.54) is 5.56 Å². The topological polar surface area (TPSA) is 46.1 Å². The van der Waals surface area contributed by atoms with Crippen molar-refractivity contribution >= 4 is 35.3 Å². The summed E-state index contributed by atoms with van der Waals surface area (Å²) in [7, 11) is -1.96. The first kappa shape index (κ1) is 16.7. The number of anilines is 1. The molecule has 2 aromatic heterocycles. The van der Waals surface area contributed by atoms with Crippen LogP contribution in [0.5, 0.6) is 0 Å². The smallest absolute Gasteiger partial charge is 0.138 e. The molecule has 124 valence electrons. The van der Waals surface area contributed by atoms with Gasteiger partial charge in [0.1, 0.15) is 11.0 Å². The van der Waals surface area contributed by atoms with Crippen molar-refractivity contribution in [3.63, 3.8) is 0 Å². The van der Waals surface area contributed by atoms with E-state index in [9.17, 15) is 4.57 Å². The molecule has 1 fully saturated rings. The predicted molar refractivity (Wildman–Crippen MR) is 98.7 cm³/mol. The molecule has 6 heteroatoms. The van der Waals surface area contributed by atoms with Crippen LogP contribution in [0.2, 0.25) is 5.15 Å². The van der Waals surface area contributed by atoms with Crippen LogP contribution in [0.1, 0.15) is 25.3 Å². The van der Waals surface area contributed by atoms with E-state index in [1.54, 1.807) is 0 Å². The van der Waals surface area contributed by atoms with Crippen molar-refractivity contribution in [1.29, 1.82) is 0 Å². The van der Waals surface area contributed by atoms with Crippen LogP contribution in [-0.4, -0.2) is 42.5 Å². The van der Waals surface area contributed by atoms with Gasteiger partial charge >= 0.3 is 0 Å². The van der Waals surface area contributed by atoms with Gasteiger partial charge in [-0.05, 0) is 36.3 Å². The summed E-state index contributed by atoms with van der Waals surface area (Å²) >= 11 is 6.09. The van der Waals surface area contributed by atoms with E-state index < -0.39 is 7.14 Å². The fourth-order valence-electron chi connectivity index (χ4n) is 3.31. The molecule has 0 aromatic carbocycles. The molecule has 0 aliphatic carbocycles. The summed E-state index contributed by atoms with van der Waals surface area (Å²) < 4.78 is 12.0. The Morgan fingerprint density at radius 3 is 2.57 bits per heavy atom. The molecule has 0 amide bonds. The molecular weight excluding hydrogens is 329 g/mol. The van der Waals surface area contributed by atoms with E-state index in [2.05, 4.69) is 28.7 Å². The Morgan fingerprint density at radius 1 is 1.26 bits per heavy atom. The lowest BCUT2D eigenvalue weighted by molar-refractivity contribution is 0.442. The van der Waals surface area contributed by atoms with E-state index in [0.29, 0.717) is 17.0 Å². The maximum atomic E-state index is 12.0. The second-order valence-electron chi connectivity index (χ2n) is 7.27. The highest BCUT2D eigenvalue weighted by Crippen LogP contribution is 2.42. The number of nitrogens with zero attached hydrogens (tertiary/aromatic N) is 3. The summed E-state index contributed by atoms with van der Waals surface area (Å²) in [6, 6.07) is 1.93. The fraction of sp³-hybridized carbons (Fsp3) is 0.529. The highest BCUT2D eigenvalue weighted by molar-refractivity contribution is 7.62. The van der Waals surface area contributed by atoms with E-state index in [1.807, 2.05) is 31.8 Å². The van der Waals surface area contributed by atoms with Crippen molar-refractivity contribution in [2.24, 2.45) is 5.92 Å². The fourth-order valence-corrected chi connectivity index (χ4v) is 4.94. The number of halogens is 1. The Kier molecular flexibility index (Phi) is 4.41. The van der Waals surface area contributed by atoms with Gasteiger partial charge in [-0.3, -0.25) is 0 Å². The van der Waals surface area contributed by atoms with Gasteiger partial charge in [-0.2, -0.15) is 0 Å². The highest BCUT2D eigenvalue weighted by Gasteiger charge is 2.32. The Morgan fingerprint density at radius 2 is 1.96 bits per heavy atom. The maximum Gasteiger partial charge on any atom is 0.138 e. The number of pyridine rings is 2. The van der Waals surface area contributed by atoms with E-state index in [-0.39, 0.29) is 0 Å². The van der Waals surface area contributed by atoms with Gasteiger partial charge in [0.05, 0.1) is 7.14 Å². The van der Waals surface area contributed by atoms with Crippen LogP contribution < -0.4 is 4.90 Å². The third-order valence-electron chi connectivity index (χ3n) is 4.33. The maximum absolute atomic E-state index is 12.0. The van der Waals surface area contributed by atoms with Gasteiger partial charge in [-0.15, -0.1) is 0 Å². The van der Waals surface area contributed by atoms with Gasteiger partial charge in [-0.1, -0.05) is 25.4 Å². The molecule has 3 rings (SSSR count). The van der Waals surface area contributed by atoms with Crippen molar-refractivity contribution in [3.8, 4) is 0 Å². The van der Waals surface area contributed by atoms with Gasteiger partial charge in [-0.25, -0.2) is 9.97 Å². The molecule has 3 heterocycles. The Balaban J connectivity index is 1.92. The lowest BCUT2D eigenvalue weighted by Crippen LogP contribution is -2.48. The zero-order valence-corrected chi connectivity index (χ0v) is 15.7. The molecular formula is C17H23ClN3OP. The van der Waals surface area contributed by atoms with E-state index >= 15 is 0 Å². The van der Waals surface area contributed by atoms with Gasteiger partial charge < -0.3 is 9.46 Å². The minimum atomic E-state index is -1.96. The molecule has 0 N–H and O–H groups in total. The molecule has 4 nitrogen and oxygen atoms in total. The molecule has 0 atom stereocenters. The monoisotopic (exact) mass is 351 g/mol. The summed E-state index contributed by atoms with van der Waals surface area (Å²) in [6.07, 6.45) is 4.59. The van der Waals surface area contributed by atoms with E-state index in [4.69, 9.17) is 11.6 Å². The molecule has 0 saturated carbocycles. The first-order valence-corrected chi connectivity index (χ1v) is 11.1. The highest BCUT2D eigenvalue weighted by atomic mass is 35.5. The third-order valence-corrected chi connectivity index (χ3v) is 5.93. The standard InChI is InChI=1S/C17H23ClN3OP/c1-11(2)14-6-20-17(15-7-19-16(18)5-13(14)15)21-8-12(9-21)10-23(3,4)22/h5-7,11-12H,8-10H2,1-4H3. The number of rotatable bonds is 4. The molecule has 0 spiro atoms. The van der Waals surface area contributed by atoms with E-state index in [0.717, 1.165) is 35.8 Å². The van der Waals surface area contributed by atoms with Gasteiger partial charge in [0, 0.05) is 42.9 Å². The average molecular weight is 352 g/mol. The first-order chi connectivity index (χ1) is 10.7. The van der Waals surface area contributed by atoms with Gasteiger partial charge in [0.15, 0.2) is 0 Å². The Labute approximate surface area is 142 Å². The van der Waals surface area contributed by atoms with Crippen LogP contribution in [0.3, 0.4) is 0 Å². The molecule has 1 aliphatic rings. The summed E-state index contributed by atoms with van der Waals surface area (Å²) in [5.74, 6) is 1.84. The van der Waals surface area contributed by atoms with Crippen LogP contribution >= 0.6 is 18.7 Å². The van der Waals surface area contributed by atoms with Crippen LogP contribution in [0, 0.1) is 5.92 Å². The lowest BCUT2D eigenvalue weighted by atomic mass is 9.97. The minimum Gasteiger partial charge on any atom is -0.355 e. The zero-order valence-electron chi connectivity index (χ0n) is 14.1. The molecule has 1 saturated heterocycles. The van der Waals surface area contributed by atoms with Crippen molar-refractivity contribution in [2.75, 3.05) is 37.5 Å². The molecule has 23 heavy (non-hydrogen) atoms.